The number of carboxylic acids is 1. The number of hydrogen-bond donors (Lipinski definition) is 1. The van der Waals surface area contributed by atoms with E-state index in [0.29, 0.717) is 34.0 Å². The standard InChI is InChI=1S/C33H31FN4O4/c1-3-33(12-13-33)20-38-28-16-23(32(40)41)9-10-27(28)35-29(38)18-37-14-11-22(17-31(37)39)26-5-4-6-30(36-26)42-19-24-8-7-21(2)15-25(24)34/h4-11,14-17H,3,12-13,18-20H2,1-2H3,(H,40,41). The average molecular weight is 567 g/mol. The highest BCUT2D eigenvalue weighted by Gasteiger charge is 2.41. The largest absolute Gasteiger partial charge is 0.478 e. The lowest BCUT2D eigenvalue weighted by molar-refractivity contribution is 0.0697. The smallest absolute Gasteiger partial charge is 0.335 e. The molecule has 2 aromatic carbocycles. The Labute approximate surface area is 242 Å². The van der Waals surface area contributed by atoms with Gasteiger partial charge in [0.2, 0.25) is 5.88 Å². The molecule has 0 bridgehead atoms. The first-order valence-corrected chi connectivity index (χ1v) is 14.0. The molecule has 214 valence electrons. The fourth-order valence-electron chi connectivity index (χ4n) is 5.27. The number of carbonyl (C=O) groups is 1. The molecular formula is C33H31FN4O4. The molecule has 6 rings (SSSR count). The summed E-state index contributed by atoms with van der Waals surface area (Å²) in [7, 11) is 0. The molecule has 3 aromatic heterocycles. The van der Waals surface area contributed by atoms with Crippen molar-refractivity contribution in [3.05, 3.63) is 112 Å². The van der Waals surface area contributed by atoms with Gasteiger partial charge >= 0.3 is 5.97 Å². The zero-order valence-electron chi connectivity index (χ0n) is 23.5. The number of imidazole rings is 1. The van der Waals surface area contributed by atoms with Gasteiger partial charge in [-0.05, 0) is 73.6 Å². The van der Waals surface area contributed by atoms with E-state index in [2.05, 4.69) is 16.5 Å². The summed E-state index contributed by atoms with van der Waals surface area (Å²) < 4.78 is 23.6. The third kappa shape index (κ3) is 5.54. The topological polar surface area (TPSA) is 99.2 Å². The van der Waals surface area contributed by atoms with Crippen LogP contribution in [0.1, 0.15) is 53.5 Å². The quantitative estimate of drug-likeness (QED) is 0.215. The van der Waals surface area contributed by atoms with Crippen LogP contribution in [0.2, 0.25) is 0 Å². The minimum Gasteiger partial charge on any atom is -0.478 e. The van der Waals surface area contributed by atoms with E-state index in [1.165, 1.54) is 12.1 Å². The summed E-state index contributed by atoms with van der Waals surface area (Å²) in [6, 6.07) is 18.5. The van der Waals surface area contributed by atoms with E-state index in [1.54, 1.807) is 53.2 Å². The maximum Gasteiger partial charge on any atom is 0.335 e. The Bertz CT molecular complexity index is 1870. The van der Waals surface area contributed by atoms with Gasteiger partial charge in [0.25, 0.3) is 5.56 Å². The van der Waals surface area contributed by atoms with Crippen molar-refractivity contribution in [2.24, 2.45) is 5.41 Å². The number of aromatic carboxylic acids is 1. The molecule has 5 aromatic rings. The third-order valence-electron chi connectivity index (χ3n) is 8.19. The van der Waals surface area contributed by atoms with Gasteiger partial charge < -0.3 is 19.0 Å². The predicted octanol–water partition coefficient (Wildman–Crippen LogP) is 6.22. The van der Waals surface area contributed by atoms with Gasteiger partial charge in [-0.25, -0.2) is 19.2 Å². The van der Waals surface area contributed by atoms with E-state index in [4.69, 9.17) is 9.72 Å². The van der Waals surface area contributed by atoms with Crippen molar-refractivity contribution in [3.8, 4) is 17.1 Å². The molecule has 0 spiro atoms. The van der Waals surface area contributed by atoms with Crippen LogP contribution in [-0.2, 0) is 19.7 Å². The minimum atomic E-state index is -0.986. The van der Waals surface area contributed by atoms with Gasteiger partial charge in [-0.3, -0.25) is 4.79 Å². The lowest BCUT2D eigenvalue weighted by Crippen LogP contribution is -2.22. The second-order valence-electron chi connectivity index (χ2n) is 11.1. The fourth-order valence-corrected chi connectivity index (χ4v) is 5.27. The molecule has 42 heavy (non-hydrogen) atoms. The number of benzene rings is 2. The monoisotopic (exact) mass is 566 g/mol. The van der Waals surface area contributed by atoms with Gasteiger partial charge in [-0.15, -0.1) is 0 Å². The molecule has 1 aliphatic carbocycles. The number of hydrogen-bond acceptors (Lipinski definition) is 5. The first kappa shape index (κ1) is 27.4. The Kier molecular flexibility index (Phi) is 7.10. The zero-order valence-corrected chi connectivity index (χ0v) is 23.5. The molecule has 1 N–H and O–H groups in total. The second kappa shape index (κ2) is 10.9. The Morgan fingerprint density at radius 3 is 2.62 bits per heavy atom. The fraction of sp³-hybridized carbons (Fsp3) is 0.273. The van der Waals surface area contributed by atoms with Gasteiger partial charge in [0.1, 0.15) is 18.2 Å². The van der Waals surface area contributed by atoms with Crippen molar-refractivity contribution in [2.75, 3.05) is 0 Å². The summed E-state index contributed by atoms with van der Waals surface area (Å²) in [5.74, 6) is -0.275. The number of aryl methyl sites for hydroxylation is 1. The van der Waals surface area contributed by atoms with Crippen molar-refractivity contribution < 1.29 is 19.0 Å². The highest BCUT2D eigenvalue weighted by atomic mass is 19.1. The molecule has 9 heteroatoms. The highest BCUT2D eigenvalue weighted by Crippen LogP contribution is 2.50. The summed E-state index contributed by atoms with van der Waals surface area (Å²) in [5, 5.41) is 9.54. The Balaban J connectivity index is 1.25. The van der Waals surface area contributed by atoms with Crippen molar-refractivity contribution in [1.82, 2.24) is 19.1 Å². The van der Waals surface area contributed by atoms with Crippen LogP contribution in [0, 0.1) is 18.2 Å². The predicted molar refractivity (Wildman–Crippen MR) is 157 cm³/mol. The van der Waals surface area contributed by atoms with Crippen LogP contribution in [0.25, 0.3) is 22.3 Å². The van der Waals surface area contributed by atoms with Crippen LogP contribution < -0.4 is 10.3 Å². The molecule has 3 heterocycles. The van der Waals surface area contributed by atoms with Gasteiger partial charge in [0, 0.05) is 36.0 Å². The number of aromatic nitrogens is 4. The lowest BCUT2D eigenvalue weighted by atomic mass is 10.0. The van der Waals surface area contributed by atoms with Gasteiger partial charge in [-0.2, -0.15) is 0 Å². The van der Waals surface area contributed by atoms with E-state index < -0.39 is 5.97 Å². The van der Waals surface area contributed by atoms with Crippen molar-refractivity contribution in [1.29, 1.82) is 0 Å². The number of ether oxygens (including phenoxy) is 1. The van der Waals surface area contributed by atoms with Crippen LogP contribution in [-0.4, -0.2) is 30.2 Å². The number of halogens is 1. The number of carboxylic acid groups (broad SMARTS) is 1. The Morgan fingerprint density at radius 2 is 1.90 bits per heavy atom. The Morgan fingerprint density at radius 1 is 1.07 bits per heavy atom. The van der Waals surface area contributed by atoms with Crippen molar-refractivity contribution in [2.45, 2.75) is 52.8 Å². The maximum atomic E-state index is 14.2. The summed E-state index contributed by atoms with van der Waals surface area (Å²) in [6.45, 7) is 5.02. The molecule has 0 radical (unpaired) electrons. The molecule has 0 amide bonds. The summed E-state index contributed by atoms with van der Waals surface area (Å²) >= 11 is 0. The number of rotatable bonds is 10. The number of nitrogens with zero attached hydrogens (tertiary/aromatic N) is 4. The van der Waals surface area contributed by atoms with E-state index >= 15 is 0 Å². The molecule has 1 aliphatic rings. The van der Waals surface area contributed by atoms with Crippen molar-refractivity contribution >= 4 is 17.0 Å². The molecule has 0 saturated heterocycles. The van der Waals surface area contributed by atoms with Crippen LogP contribution in [0.4, 0.5) is 4.39 Å². The van der Waals surface area contributed by atoms with E-state index in [0.717, 1.165) is 36.9 Å². The van der Waals surface area contributed by atoms with Crippen molar-refractivity contribution in [3.63, 3.8) is 0 Å². The summed E-state index contributed by atoms with van der Waals surface area (Å²) in [6.07, 6.45) is 4.97. The lowest BCUT2D eigenvalue weighted by Gasteiger charge is -2.17. The Hall–Kier alpha value is -4.79. The molecule has 1 saturated carbocycles. The first-order chi connectivity index (χ1) is 20.2. The molecule has 0 atom stereocenters. The van der Waals surface area contributed by atoms with Crippen LogP contribution in [0.3, 0.4) is 0 Å². The van der Waals surface area contributed by atoms with Crippen LogP contribution in [0.15, 0.2) is 77.7 Å². The molecule has 0 aliphatic heterocycles. The van der Waals surface area contributed by atoms with E-state index in [-0.39, 0.29) is 35.5 Å². The number of fused-ring (bicyclic) bond motifs is 1. The molecule has 8 nitrogen and oxygen atoms in total. The van der Waals surface area contributed by atoms with E-state index in [1.807, 2.05) is 19.1 Å². The van der Waals surface area contributed by atoms with Crippen LogP contribution in [0.5, 0.6) is 5.88 Å². The second-order valence-corrected chi connectivity index (χ2v) is 11.1. The molecule has 0 unspecified atom stereocenters. The number of pyridine rings is 2. The maximum absolute atomic E-state index is 14.2. The normalized spacial score (nSPS) is 13.8. The molecular weight excluding hydrogens is 535 g/mol. The third-order valence-corrected chi connectivity index (χ3v) is 8.19. The summed E-state index contributed by atoms with van der Waals surface area (Å²) in [4.78, 5) is 34.2. The van der Waals surface area contributed by atoms with E-state index in [9.17, 15) is 19.1 Å². The van der Waals surface area contributed by atoms with Gasteiger partial charge in [0.15, 0.2) is 0 Å². The first-order valence-electron chi connectivity index (χ1n) is 14.0. The highest BCUT2D eigenvalue weighted by molar-refractivity contribution is 5.92. The van der Waals surface area contributed by atoms with Crippen LogP contribution >= 0.6 is 0 Å². The van der Waals surface area contributed by atoms with Gasteiger partial charge in [-0.1, -0.05) is 25.1 Å². The zero-order chi connectivity index (χ0) is 29.4. The summed E-state index contributed by atoms with van der Waals surface area (Å²) in [5.41, 5.74) is 4.11. The average Bonchev–Trinajstić information content (AvgIpc) is 3.68. The van der Waals surface area contributed by atoms with Gasteiger partial charge in [0.05, 0.1) is 28.8 Å². The SMILES string of the molecule is CCC1(Cn2c(Cn3ccc(-c4cccc(OCc5ccc(C)cc5F)n4)cc3=O)nc3ccc(C(=O)O)cc32)CC1. The minimum absolute atomic E-state index is 0.0401. The molecule has 1 fully saturated rings.